The molecule has 1 saturated carbocycles. The van der Waals surface area contributed by atoms with Gasteiger partial charge in [0.15, 0.2) is 0 Å². The van der Waals surface area contributed by atoms with Crippen molar-refractivity contribution < 1.29 is 0 Å². The Hall–Kier alpha value is -0.690. The van der Waals surface area contributed by atoms with E-state index in [1.807, 2.05) is 0 Å². The van der Waals surface area contributed by atoms with Gasteiger partial charge < -0.3 is 0 Å². The predicted molar refractivity (Wildman–Crippen MR) is 70.2 cm³/mol. The summed E-state index contributed by atoms with van der Waals surface area (Å²) >= 11 is 5.26. The maximum Gasteiger partial charge on any atom is 0.0446 e. The van der Waals surface area contributed by atoms with E-state index in [4.69, 9.17) is 12.2 Å². The third kappa shape index (κ3) is 2.66. The maximum absolute atomic E-state index is 5.26. The summed E-state index contributed by atoms with van der Waals surface area (Å²) in [6.07, 6.45) is 15.6. The van der Waals surface area contributed by atoms with E-state index in [1.165, 1.54) is 43.3 Å². The van der Waals surface area contributed by atoms with Crippen LogP contribution in [0.25, 0.3) is 0 Å². The van der Waals surface area contributed by atoms with Crippen LogP contribution in [-0.2, 0) is 0 Å². The molecule has 2 aliphatic carbocycles. The van der Waals surface area contributed by atoms with Gasteiger partial charge in [-0.15, -0.1) is 0 Å². The van der Waals surface area contributed by atoms with Gasteiger partial charge in [0.05, 0.1) is 0 Å². The highest BCUT2D eigenvalue weighted by Crippen LogP contribution is 2.31. The Bertz CT molecular complexity index is 338. The van der Waals surface area contributed by atoms with E-state index in [-0.39, 0.29) is 0 Å². The molecule has 0 aromatic heterocycles. The van der Waals surface area contributed by atoms with E-state index in [2.05, 4.69) is 31.2 Å². The third-order valence-electron chi connectivity index (χ3n) is 3.38. The Morgan fingerprint density at radius 1 is 1.33 bits per heavy atom. The Morgan fingerprint density at radius 3 is 2.73 bits per heavy atom. The zero-order valence-corrected chi connectivity index (χ0v) is 10.1. The van der Waals surface area contributed by atoms with Crippen molar-refractivity contribution in [1.29, 1.82) is 0 Å². The van der Waals surface area contributed by atoms with Crippen molar-refractivity contribution in [3.63, 3.8) is 0 Å². The van der Waals surface area contributed by atoms with Crippen molar-refractivity contribution in [2.75, 3.05) is 0 Å². The predicted octanol–water partition coefficient (Wildman–Crippen LogP) is 4.38. The molecule has 0 radical (unpaired) electrons. The Kier molecular flexibility index (Phi) is 3.53. The van der Waals surface area contributed by atoms with Gasteiger partial charge in [-0.2, -0.15) is 0 Å². The highest BCUT2D eigenvalue weighted by Gasteiger charge is 2.17. The molecule has 0 heterocycles. The molecular weight excluding hydrogens is 200 g/mol. The number of hydrogen-bond acceptors (Lipinski definition) is 1. The molecule has 80 valence electrons. The number of rotatable bonds is 2. The Morgan fingerprint density at radius 2 is 2.07 bits per heavy atom. The monoisotopic (exact) mass is 218 g/mol. The number of thiocarbonyl (C=S) groups is 1. The molecule has 0 saturated heterocycles. The van der Waals surface area contributed by atoms with E-state index >= 15 is 0 Å². The van der Waals surface area contributed by atoms with Crippen LogP contribution in [0.2, 0.25) is 0 Å². The molecule has 0 aromatic carbocycles. The molecule has 0 nitrogen and oxygen atoms in total. The smallest absolute Gasteiger partial charge is 0.0446 e. The Balaban J connectivity index is 2.03. The lowest BCUT2D eigenvalue weighted by molar-refractivity contribution is 0.548. The first-order valence-corrected chi connectivity index (χ1v) is 6.29. The lowest BCUT2D eigenvalue weighted by Crippen LogP contribution is -2.02. The van der Waals surface area contributed by atoms with Gasteiger partial charge in [0.1, 0.15) is 0 Å². The average molecular weight is 218 g/mol. The summed E-state index contributed by atoms with van der Waals surface area (Å²) in [6.45, 7) is 2.06. The molecule has 1 heteroatoms. The first-order valence-electron chi connectivity index (χ1n) is 5.89. The molecule has 2 rings (SSSR count). The third-order valence-corrected chi connectivity index (χ3v) is 3.76. The standard InChI is InChI=1S/C14H18S/c1-2-13-10-12(7-8-14(13)15)9-11-5-3-4-6-11/h2,7-8,10-11H,3-6,9H2,1H3/b13-2-. The zero-order chi connectivity index (χ0) is 10.7. The zero-order valence-electron chi connectivity index (χ0n) is 9.33. The van der Waals surface area contributed by atoms with Gasteiger partial charge in [-0.05, 0) is 36.5 Å². The fraction of sp³-hybridized carbons (Fsp3) is 0.500. The minimum atomic E-state index is 0.922. The second-order valence-corrected chi connectivity index (χ2v) is 4.96. The van der Waals surface area contributed by atoms with E-state index < -0.39 is 0 Å². The molecule has 0 unspecified atom stereocenters. The van der Waals surface area contributed by atoms with Crippen LogP contribution in [0.5, 0.6) is 0 Å². The lowest BCUT2D eigenvalue weighted by Gasteiger charge is -2.14. The molecule has 2 aliphatic rings. The summed E-state index contributed by atoms with van der Waals surface area (Å²) in [5.74, 6) is 0.922. The van der Waals surface area contributed by atoms with Crippen molar-refractivity contribution in [3.05, 3.63) is 35.5 Å². The molecule has 0 aromatic rings. The molecule has 0 bridgehead atoms. The number of hydrogen-bond donors (Lipinski definition) is 0. The van der Waals surface area contributed by atoms with Crippen LogP contribution in [-0.4, -0.2) is 4.86 Å². The number of allylic oxidation sites excluding steroid dienone is 6. The van der Waals surface area contributed by atoms with Crippen LogP contribution >= 0.6 is 12.2 Å². The molecule has 1 fully saturated rings. The maximum atomic E-state index is 5.26. The molecule has 0 atom stereocenters. The van der Waals surface area contributed by atoms with Crippen LogP contribution in [0.15, 0.2) is 35.5 Å². The van der Waals surface area contributed by atoms with E-state index in [0.717, 1.165) is 10.8 Å². The summed E-state index contributed by atoms with van der Waals surface area (Å²) in [6, 6.07) is 0. The summed E-state index contributed by atoms with van der Waals surface area (Å²) in [7, 11) is 0. The van der Waals surface area contributed by atoms with Crippen molar-refractivity contribution in [1.82, 2.24) is 0 Å². The molecule has 0 aliphatic heterocycles. The van der Waals surface area contributed by atoms with Crippen molar-refractivity contribution >= 4 is 17.1 Å². The van der Waals surface area contributed by atoms with Crippen molar-refractivity contribution in [2.24, 2.45) is 5.92 Å². The summed E-state index contributed by atoms with van der Waals surface area (Å²) < 4.78 is 0. The van der Waals surface area contributed by atoms with Gasteiger partial charge in [-0.25, -0.2) is 0 Å². The highest BCUT2D eigenvalue weighted by molar-refractivity contribution is 7.81. The first-order chi connectivity index (χ1) is 7.29. The van der Waals surface area contributed by atoms with Crippen LogP contribution in [0.3, 0.4) is 0 Å². The lowest BCUT2D eigenvalue weighted by atomic mass is 9.92. The topological polar surface area (TPSA) is 0 Å². The van der Waals surface area contributed by atoms with Gasteiger partial charge in [-0.3, -0.25) is 0 Å². The van der Waals surface area contributed by atoms with E-state index in [9.17, 15) is 0 Å². The largest absolute Gasteiger partial charge is 0.0795 e. The normalized spacial score (nSPS) is 25.0. The van der Waals surface area contributed by atoms with Crippen LogP contribution in [0.4, 0.5) is 0 Å². The second-order valence-electron chi connectivity index (χ2n) is 4.52. The van der Waals surface area contributed by atoms with E-state index in [1.54, 1.807) is 0 Å². The average Bonchev–Trinajstić information content (AvgIpc) is 2.73. The van der Waals surface area contributed by atoms with Crippen molar-refractivity contribution in [2.45, 2.75) is 39.0 Å². The quantitative estimate of drug-likeness (QED) is 0.489. The minimum absolute atomic E-state index is 0.922. The summed E-state index contributed by atoms with van der Waals surface area (Å²) in [5, 5.41) is 0. The van der Waals surface area contributed by atoms with Crippen LogP contribution < -0.4 is 0 Å². The molecular formula is C14H18S. The van der Waals surface area contributed by atoms with Crippen LogP contribution in [0, 0.1) is 5.92 Å². The second kappa shape index (κ2) is 4.89. The molecule has 0 spiro atoms. The SMILES string of the molecule is C/C=C1/C=C(CC2CCCC2)C=CC1=S. The summed E-state index contributed by atoms with van der Waals surface area (Å²) in [4.78, 5) is 0.979. The van der Waals surface area contributed by atoms with Crippen LogP contribution in [0.1, 0.15) is 39.0 Å². The van der Waals surface area contributed by atoms with E-state index in [0.29, 0.717) is 0 Å². The van der Waals surface area contributed by atoms with Gasteiger partial charge in [-0.1, -0.05) is 56.1 Å². The van der Waals surface area contributed by atoms with Gasteiger partial charge >= 0.3 is 0 Å². The summed E-state index contributed by atoms with van der Waals surface area (Å²) in [5.41, 5.74) is 2.68. The molecule has 0 N–H and O–H groups in total. The van der Waals surface area contributed by atoms with Crippen molar-refractivity contribution in [3.8, 4) is 0 Å². The molecule has 0 amide bonds. The highest BCUT2D eigenvalue weighted by atomic mass is 32.1. The Labute approximate surface area is 97.8 Å². The van der Waals surface area contributed by atoms with Gasteiger partial charge in [0, 0.05) is 4.86 Å². The fourth-order valence-electron chi connectivity index (χ4n) is 2.50. The first kappa shape index (κ1) is 10.8. The van der Waals surface area contributed by atoms with Gasteiger partial charge in [0.2, 0.25) is 0 Å². The van der Waals surface area contributed by atoms with Gasteiger partial charge in [0.25, 0.3) is 0 Å². The fourth-order valence-corrected chi connectivity index (χ4v) is 2.74. The minimum Gasteiger partial charge on any atom is -0.0795 e. The molecule has 15 heavy (non-hydrogen) atoms.